The van der Waals surface area contributed by atoms with Gasteiger partial charge in [-0.1, -0.05) is 24.8 Å². The number of anilines is 1. The van der Waals surface area contributed by atoms with Gasteiger partial charge >= 0.3 is 0 Å². The van der Waals surface area contributed by atoms with Gasteiger partial charge < -0.3 is 5.32 Å². The van der Waals surface area contributed by atoms with E-state index in [2.05, 4.69) is 28.3 Å². The summed E-state index contributed by atoms with van der Waals surface area (Å²) in [7, 11) is 0. The van der Waals surface area contributed by atoms with Crippen molar-refractivity contribution in [2.24, 2.45) is 0 Å². The topological polar surface area (TPSA) is 98.0 Å². The normalized spacial score (nSPS) is 10.9. The van der Waals surface area contributed by atoms with Crippen molar-refractivity contribution < 1.29 is 9.72 Å². The van der Waals surface area contributed by atoms with E-state index in [1.807, 2.05) is 6.92 Å². The third kappa shape index (κ3) is 4.42. The van der Waals surface area contributed by atoms with E-state index in [4.69, 9.17) is 0 Å². The Hall–Kier alpha value is -2.52. The zero-order chi connectivity index (χ0) is 19.6. The molecule has 1 amide bonds. The Kier molecular flexibility index (Phi) is 5.71. The minimum atomic E-state index is -0.480. The van der Waals surface area contributed by atoms with E-state index in [1.54, 1.807) is 24.3 Å². The van der Waals surface area contributed by atoms with Crippen molar-refractivity contribution >= 4 is 50.6 Å². The number of rotatable bonds is 6. The predicted octanol–water partition coefficient (Wildman–Crippen LogP) is 4.51. The summed E-state index contributed by atoms with van der Waals surface area (Å²) in [5, 5.41) is 15.4. The van der Waals surface area contributed by atoms with E-state index in [0.29, 0.717) is 11.5 Å². The number of aromatic nitrogens is 2. The first-order valence-electron chi connectivity index (χ1n) is 8.32. The lowest BCUT2D eigenvalue weighted by Gasteiger charge is -2.08. The van der Waals surface area contributed by atoms with E-state index in [9.17, 15) is 14.9 Å². The molecule has 3 aromatic rings. The lowest BCUT2D eigenvalue weighted by atomic mass is 10.2. The first-order valence-corrected chi connectivity index (χ1v) is 10.1. The predicted molar refractivity (Wildman–Crippen MR) is 109 cm³/mol. The second-order valence-electron chi connectivity index (χ2n) is 5.95. The van der Waals surface area contributed by atoms with Crippen molar-refractivity contribution in [3.05, 3.63) is 50.6 Å². The molecular formula is C18H18N4O3S2. The highest BCUT2D eigenvalue weighted by atomic mass is 32.2. The molecule has 0 fully saturated rings. The summed E-state index contributed by atoms with van der Waals surface area (Å²) >= 11 is 2.98. The Bertz CT molecular complexity index is 1030. The fourth-order valence-electron chi connectivity index (χ4n) is 2.51. The number of fused-ring (bicyclic) bond motifs is 1. The van der Waals surface area contributed by atoms with E-state index in [-0.39, 0.29) is 17.3 Å². The van der Waals surface area contributed by atoms with Crippen molar-refractivity contribution in [1.29, 1.82) is 0 Å². The van der Waals surface area contributed by atoms with Gasteiger partial charge in [0.15, 0.2) is 0 Å². The van der Waals surface area contributed by atoms with Crippen LogP contribution >= 0.6 is 23.1 Å². The molecule has 7 nitrogen and oxygen atoms in total. The quantitative estimate of drug-likeness (QED) is 0.282. The average molecular weight is 403 g/mol. The van der Waals surface area contributed by atoms with Crippen molar-refractivity contribution in [2.75, 3.05) is 11.1 Å². The van der Waals surface area contributed by atoms with Gasteiger partial charge in [-0.3, -0.25) is 14.9 Å². The van der Waals surface area contributed by atoms with Crippen molar-refractivity contribution in [3.8, 4) is 0 Å². The van der Waals surface area contributed by atoms with Gasteiger partial charge in [-0.15, -0.1) is 11.3 Å². The highest BCUT2D eigenvalue weighted by Gasteiger charge is 2.14. The second kappa shape index (κ2) is 8.01. The lowest BCUT2D eigenvalue weighted by Crippen LogP contribution is -2.15. The Balaban J connectivity index is 1.75. The summed E-state index contributed by atoms with van der Waals surface area (Å²) in [4.78, 5) is 33.9. The van der Waals surface area contributed by atoms with E-state index in [1.165, 1.54) is 28.8 Å². The number of benzene rings is 1. The van der Waals surface area contributed by atoms with Crippen LogP contribution in [0.25, 0.3) is 10.2 Å². The molecule has 1 aromatic carbocycles. The van der Waals surface area contributed by atoms with Gasteiger partial charge in [0.1, 0.15) is 15.7 Å². The standard InChI is InChI=1S/C18H18N4O3S2/c1-4-13-8-14-17(19-11(3)20-18(14)27-13)26-9-16(23)21-15-7-12(22(24)25)6-5-10(15)2/h5-8H,4,9H2,1-3H3,(H,21,23). The molecule has 2 heterocycles. The highest BCUT2D eigenvalue weighted by molar-refractivity contribution is 8.00. The second-order valence-corrected chi connectivity index (χ2v) is 8.03. The fourth-order valence-corrected chi connectivity index (χ4v) is 4.43. The maximum atomic E-state index is 12.4. The Labute approximate surface area is 164 Å². The van der Waals surface area contributed by atoms with Crippen LogP contribution in [0.2, 0.25) is 0 Å². The molecule has 0 saturated carbocycles. The largest absolute Gasteiger partial charge is 0.325 e. The van der Waals surface area contributed by atoms with Crippen LogP contribution in [0.1, 0.15) is 23.2 Å². The van der Waals surface area contributed by atoms with Gasteiger partial charge in [0.05, 0.1) is 16.4 Å². The van der Waals surface area contributed by atoms with Crippen molar-refractivity contribution in [2.45, 2.75) is 32.2 Å². The number of hydrogen-bond acceptors (Lipinski definition) is 7. The third-order valence-electron chi connectivity index (χ3n) is 3.92. The number of hydrogen-bond donors (Lipinski definition) is 1. The molecule has 0 aliphatic rings. The van der Waals surface area contributed by atoms with Crippen LogP contribution in [-0.4, -0.2) is 26.6 Å². The fraction of sp³-hybridized carbons (Fsp3) is 0.278. The van der Waals surface area contributed by atoms with Gasteiger partial charge in [-0.25, -0.2) is 9.97 Å². The maximum Gasteiger partial charge on any atom is 0.271 e. The number of carbonyl (C=O) groups is 1. The average Bonchev–Trinajstić information content (AvgIpc) is 3.04. The first kappa shape index (κ1) is 19.2. The molecule has 0 atom stereocenters. The number of nitro benzene ring substituents is 1. The molecule has 0 aliphatic carbocycles. The number of amides is 1. The number of aryl methyl sites for hydroxylation is 3. The van der Waals surface area contributed by atoms with Crippen molar-refractivity contribution in [3.63, 3.8) is 0 Å². The summed E-state index contributed by atoms with van der Waals surface area (Å²) in [6.45, 7) is 5.72. The van der Waals surface area contributed by atoms with Crippen LogP contribution in [0.3, 0.4) is 0 Å². The maximum absolute atomic E-state index is 12.4. The zero-order valence-electron chi connectivity index (χ0n) is 15.1. The van der Waals surface area contributed by atoms with Crippen LogP contribution in [0.15, 0.2) is 29.3 Å². The van der Waals surface area contributed by atoms with Gasteiger partial charge in [0.25, 0.3) is 5.69 Å². The Morgan fingerprint density at radius 3 is 2.78 bits per heavy atom. The zero-order valence-corrected chi connectivity index (χ0v) is 16.7. The molecule has 0 bridgehead atoms. The summed E-state index contributed by atoms with van der Waals surface area (Å²) in [6.07, 6.45) is 0.927. The lowest BCUT2D eigenvalue weighted by molar-refractivity contribution is -0.384. The summed E-state index contributed by atoms with van der Waals surface area (Å²) < 4.78 is 0. The van der Waals surface area contributed by atoms with Crippen LogP contribution in [0.4, 0.5) is 11.4 Å². The minimum Gasteiger partial charge on any atom is -0.325 e. The molecule has 2 aromatic heterocycles. The number of non-ortho nitro benzene ring substituents is 1. The number of thioether (sulfide) groups is 1. The highest BCUT2D eigenvalue weighted by Crippen LogP contribution is 2.32. The van der Waals surface area contributed by atoms with Gasteiger partial charge in [-0.2, -0.15) is 0 Å². The van der Waals surface area contributed by atoms with Crippen LogP contribution in [0, 0.1) is 24.0 Å². The molecule has 0 radical (unpaired) electrons. The first-order chi connectivity index (χ1) is 12.9. The SMILES string of the molecule is CCc1cc2c(SCC(=O)Nc3cc([N+](=O)[O-])ccc3C)nc(C)nc2s1. The van der Waals surface area contributed by atoms with Gasteiger partial charge in [0, 0.05) is 22.4 Å². The molecule has 0 saturated heterocycles. The smallest absolute Gasteiger partial charge is 0.271 e. The van der Waals surface area contributed by atoms with Crippen LogP contribution < -0.4 is 5.32 Å². The Morgan fingerprint density at radius 1 is 1.30 bits per heavy atom. The summed E-state index contributed by atoms with van der Waals surface area (Å²) in [5.41, 5.74) is 1.16. The third-order valence-corrected chi connectivity index (χ3v) is 6.08. The van der Waals surface area contributed by atoms with Gasteiger partial charge in [0.2, 0.25) is 5.91 Å². The molecule has 0 spiro atoms. The van der Waals surface area contributed by atoms with E-state index in [0.717, 1.165) is 27.2 Å². The molecular weight excluding hydrogens is 384 g/mol. The van der Waals surface area contributed by atoms with Crippen LogP contribution in [0.5, 0.6) is 0 Å². The summed E-state index contributed by atoms with van der Waals surface area (Å²) in [6, 6.07) is 6.49. The minimum absolute atomic E-state index is 0.0537. The molecule has 1 N–H and O–H groups in total. The Morgan fingerprint density at radius 2 is 2.07 bits per heavy atom. The molecule has 0 aliphatic heterocycles. The number of thiophene rings is 1. The van der Waals surface area contributed by atoms with E-state index < -0.39 is 4.92 Å². The number of nitrogens with one attached hydrogen (secondary N) is 1. The monoisotopic (exact) mass is 402 g/mol. The van der Waals surface area contributed by atoms with E-state index >= 15 is 0 Å². The molecule has 3 rings (SSSR count). The molecule has 0 unspecified atom stereocenters. The summed E-state index contributed by atoms with van der Waals surface area (Å²) in [5.74, 6) is 0.591. The number of nitro groups is 1. The molecule has 9 heteroatoms. The molecule has 140 valence electrons. The number of nitrogens with zero attached hydrogens (tertiary/aromatic N) is 3. The van der Waals surface area contributed by atoms with Crippen molar-refractivity contribution in [1.82, 2.24) is 9.97 Å². The number of carbonyl (C=O) groups excluding carboxylic acids is 1. The van der Waals surface area contributed by atoms with Gasteiger partial charge in [-0.05, 0) is 31.9 Å². The van der Waals surface area contributed by atoms with Crippen LogP contribution in [-0.2, 0) is 11.2 Å². The molecule has 27 heavy (non-hydrogen) atoms.